The summed E-state index contributed by atoms with van der Waals surface area (Å²) in [6, 6.07) is 23.1. The van der Waals surface area contributed by atoms with Crippen LogP contribution < -0.4 is 0 Å². The van der Waals surface area contributed by atoms with Crippen LogP contribution in [0.5, 0.6) is 0 Å². The number of hydrogen-bond donors (Lipinski definition) is 0. The molecule has 0 radical (unpaired) electrons. The van der Waals surface area contributed by atoms with Crippen LogP contribution in [0.2, 0.25) is 0 Å². The highest BCUT2D eigenvalue weighted by molar-refractivity contribution is 6.03. The molecule has 4 nitrogen and oxygen atoms in total. The SMILES string of the molecule is Cn1cc(-c2ccccc2)c(C(=O)OCc2ccccc2)c1-c1ccco1. The number of hydrogen-bond acceptors (Lipinski definition) is 3. The quantitative estimate of drug-likeness (QED) is 0.455. The first-order chi connectivity index (χ1) is 13.2. The number of carbonyl (C=O) groups excluding carboxylic acids is 1. The van der Waals surface area contributed by atoms with E-state index in [1.165, 1.54) is 0 Å². The summed E-state index contributed by atoms with van der Waals surface area (Å²) in [4.78, 5) is 13.1. The molecule has 4 heteroatoms. The van der Waals surface area contributed by atoms with Crippen LogP contribution in [0.3, 0.4) is 0 Å². The lowest BCUT2D eigenvalue weighted by molar-refractivity contribution is 0.0474. The first-order valence-electron chi connectivity index (χ1n) is 8.73. The first kappa shape index (κ1) is 16.9. The van der Waals surface area contributed by atoms with Gasteiger partial charge in [-0.1, -0.05) is 60.7 Å². The zero-order valence-electron chi connectivity index (χ0n) is 15.0. The smallest absolute Gasteiger partial charge is 0.341 e. The molecule has 0 saturated carbocycles. The third-order valence-electron chi connectivity index (χ3n) is 4.44. The van der Waals surface area contributed by atoms with E-state index in [2.05, 4.69) is 0 Å². The van der Waals surface area contributed by atoms with E-state index >= 15 is 0 Å². The van der Waals surface area contributed by atoms with Gasteiger partial charge in [0.05, 0.1) is 17.5 Å². The van der Waals surface area contributed by atoms with Crippen molar-refractivity contribution in [1.29, 1.82) is 0 Å². The monoisotopic (exact) mass is 357 g/mol. The molecule has 0 saturated heterocycles. The Morgan fingerprint density at radius 2 is 1.67 bits per heavy atom. The predicted molar refractivity (Wildman–Crippen MR) is 104 cm³/mol. The molecule has 0 aliphatic heterocycles. The summed E-state index contributed by atoms with van der Waals surface area (Å²) in [6.07, 6.45) is 3.54. The Bertz CT molecular complexity index is 1030. The second kappa shape index (κ2) is 7.38. The maximum absolute atomic E-state index is 13.1. The van der Waals surface area contributed by atoms with Crippen LogP contribution in [0, 0.1) is 0 Å². The molecule has 4 aromatic rings. The van der Waals surface area contributed by atoms with E-state index < -0.39 is 0 Å². The van der Waals surface area contributed by atoms with Gasteiger partial charge in [0.1, 0.15) is 6.61 Å². The number of ether oxygens (including phenoxy) is 1. The molecular formula is C23H19NO3. The van der Waals surface area contributed by atoms with Gasteiger partial charge in [0.25, 0.3) is 0 Å². The lowest BCUT2D eigenvalue weighted by atomic mass is 10.0. The van der Waals surface area contributed by atoms with Gasteiger partial charge in [-0.3, -0.25) is 0 Å². The number of nitrogens with zero attached hydrogens (tertiary/aromatic N) is 1. The Hall–Kier alpha value is -3.53. The number of esters is 1. The summed E-state index contributed by atoms with van der Waals surface area (Å²) in [5.74, 6) is 0.260. The minimum absolute atomic E-state index is 0.223. The summed E-state index contributed by atoms with van der Waals surface area (Å²) < 4.78 is 13.1. The molecule has 0 unspecified atom stereocenters. The molecule has 0 spiro atoms. The fraction of sp³-hybridized carbons (Fsp3) is 0.0870. The van der Waals surface area contributed by atoms with E-state index in [9.17, 15) is 4.79 Å². The maximum atomic E-state index is 13.1. The van der Waals surface area contributed by atoms with Gasteiger partial charge >= 0.3 is 5.97 Å². The normalized spacial score (nSPS) is 10.7. The highest BCUT2D eigenvalue weighted by atomic mass is 16.5. The Morgan fingerprint density at radius 3 is 2.33 bits per heavy atom. The van der Waals surface area contributed by atoms with E-state index in [4.69, 9.17) is 9.15 Å². The zero-order valence-corrected chi connectivity index (χ0v) is 15.0. The van der Waals surface area contributed by atoms with Gasteiger partial charge in [-0.2, -0.15) is 0 Å². The van der Waals surface area contributed by atoms with Gasteiger partial charge in [0.2, 0.25) is 0 Å². The fourth-order valence-corrected chi connectivity index (χ4v) is 3.18. The van der Waals surface area contributed by atoms with Crippen LogP contribution in [-0.4, -0.2) is 10.5 Å². The van der Waals surface area contributed by atoms with Crippen molar-refractivity contribution in [2.24, 2.45) is 7.05 Å². The molecule has 0 fully saturated rings. The molecule has 0 N–H and O–H groups in total. The van der Waals surface area contributed by atoms with Crippen molar-refractivity contribution < 1.29 is 13.9 Å². The number of rotatable bonds is 5. The molecule has 2 heterocycles. The third kappa shape index (κ3) is 3.42. The number of carbonyl (C=O) groups is 1. The molecule has 4 rings (SSSR count). The van der Waals surface area contributed by atoms with E-state index in [1.807, 2.05) is 90.6 Å². The Morgan fingerprint density at radius 1 is 0.963 bits per heavy atom. The molecule has 27 heavy (non-hydrogen) atoms. The maximum Gasteiger partial charge on any atom is 0.341 e. The highest BCUT2D eigenvalue weighted by Gasteiger charge is 2.25. The first-order valence-corrected chi connectivity index (χ1v) is 8.73. The van der Waals surface area contributed by atoms with Gasteiger partial charge in [-0.05, 0) is 23.3 Å². The van der Waals surface area contributed by atoms with E-state index in [0.29, 0.717) is 17.0 Å². The minimum Gasteiger partial charge on any atom is -0.463 e. The Balaban J connectivity index is 1.76. The van der Waals surface area contributed by atoms with Crippen LogP contribution in [0.1, 0.15) is 15.9 Å². The van der Waals surface area contributed by atoms with Gasteiger partial charge in [0, 0.05) is 18.8 Å². The molecule has 0 aliphatic rings. The lowest BCUT2D eigenvalue weighted by Crippen LogP contribution is -2.08. The van der Waals surface area contributed by atoms with Crippen molar-refractivity contribution in [1.82, 2.24) is 4.57 Å². The van der Waals surface area contributed by atoms with Gasteiger partial charge in [-0.15, -0.1) is 0 Å². The predicted octanol–water partition coefficient (Wildman–Crippen LogP) is 5.31. The fourth-order valence-electron chi connectivity index (χ4n) is 3.18. The largest absolute Gasteiger partial charge is 0.463 e. The number of aromatic nitrogens is 1. The van der Waals surface area contributed by atoms with Crippen molar-refractivity contribution in [3.63, 3.8) is 0 Å². The van der Waals surface area contributed by atoms with Crippen molar-refractivity contribution in [2.75, 3.05) is 0 Å². The molecule has 2 aromatic heterocycles. The van der Waals surface area contributed by atoms with Crippen LogP contribution in [0.4, 0.5) is 0 Å². The van der Waals surface area contributed by atoms with Crippen LogP contribution in [-0.2, 0) is 18.4 Å². The molecular weight excluding hydrogens is 338 g/mol. The average molecular weight is 357 g/mol. The van der Waals surface area contributed by atoms with Crippen molar-refractivity contribution in [3.8, 4) is 22.6 Å². The van der Waals surface area contributed by atoms with Gasteiger partial charge in [0.15, 0.2) is 5.76 Å². The second-order valence-corrected chi connectivity index (χ2v) is 6.28. The van der Waals surface area contributed by atoms with Crippen molar-refractivity contribution >= 4 is 5.97 Å². The molecule has 0 bridgehead atoms. The van der Waals surface area contributed by atoms with E-state index in [0.717, 1.165) is 16.7 Å². The molecule has 0 atom stereocenters. The zero-order chi connectivity index (χ0) is 18.6. The molecule has 2 aromatic carbocycles. The second-order valence-electron chi connectivity index (χ2n) is 6.28. The van der Waals surface area contributed by atoms with Gasteiger partial charge < -0.3 is 13.7 Å². The number of aryl methyl sites for hydroxylation is 1. The standard InChI is InChI=1S/C23H19NO3/c1-24-15-19(18-11-6-3-7-12-18)21(22(24)20-13-8-14-26-20)23(25)27-16-17-9-4-2-5-10-17/h2-15H,16H2,1H3. The minimum atomic E-state index is -0.371. The Labute approximate surface area is 157 Å². The van der Waals surface area contributed by atoms with E-state index in [-0.39, 0.29) is 12.6 Å². The lowest BCUT2D eigenvalue weighted by Gasteiger charge is -2.09. The summed E-state index contributed by atoms with van der Waals surface area (Å²) in [5, 5.41) is 0. The third-order valence-corrected chi connectivity index (χ3v) is 4.44. The van der Waals surface area contributed by atoms with Crippen LogP contribution >= 0.6 is 0 Å². The molecule has 0 amide bonds. The highest BCUT2D eigenvalue weighted by Crippen LogP contribution is 2.35. The summed E-state index contributed by atoms with van der Waals surface area (Å²) in [7, 11) is 1.90. The average Bonchev–Trinajstić information content (AvgIpc) is 3.35. The molecule has 0 aliphatic carbocycles. The summed E-state index contributed by atoms with van der Waals surface area (Å²) in [6.45, 7) is 0.223. The number of benzene rings is 2. The number of furan rings is 1. The van der Waals surface area contributed by atoms with Crippen LogP contribution in [0.25, 0.3) is 22.6 Å². The Kier molecular flexibility index (Phi) is 4.62. The van der Waals surface area contributed by atoms with Crippen molar-refractivity contribution in [3.05, 3.63) is 96.4 Å². The van der Waals surface area contributed by atoms with Gasteiger partial charge in [-0.25, -0.2) is 4.79 Å². The van der Waals surface area contributed by atoms with E-state index in [1.54, 1.807) is 6.26 Å². The molecule has 134 valence electrons. The topological polar surface area (TPSA) is 44.4 Å². The van der Waals surface area contributed by atoms with Crippen LogP contribution in [0.15, 0.2) is 89.7 Å². The summed E-state index contributed by atoms with van der Waals surface area (Å²) >= 11 is 0. The summed E-state index contributed by atoms with van der Waals surface area (Å²) in [5.41, 5.74) is 3.94. The van der Waals surface area contributed by atoms with Crippen molar-refractivity contribution in [2.45, 2.75) is 6.61 Å².